The highest BCUT2D eigenvalue weighted by Gasteiger charge is 2.29. The fourth-order valence-corrected chi connectivity index (χ4v) is 2.01. The molecule has 2 heterocycles. The molecule has 0 unspecified atom stereocenters. The number of nitrogens with zero attached hydrogens (tertiary/aromatic N) is 2. The number of amides is 2. The maximum absolute atomic E-state index is 12.3. The smallest absolute Gasteiger partial charge is 0.297 e. The highest BCUT2D eigenvalue weighted by Crippen LogP contribution is 2.30. The van der Waals surface area contributed by atoms with Crippen LogP contribution in [-0.4, -0.2) is 23.5 Å². The van der Waals surface area contributed by atoms with Crippen molar-refractivity contribution in [2.45, 2.75) is 6.92 Å². The molecule has 1 aromatic carbocycles. The maximum atomic E-state index is 12.3. The van der Waals surface area contributed by atoms with Crippen LogP contribution in [0.2, 0.25) is 0 Å². The van der Waals surface area contributed by atoms with Crippen molar-refractivity contribution in [2.75, 3.05) is 16.8 Å². The van der Waals surface area contributed by atoms with Crippen LogP contribution in [0.1, 0.15) is 16.2 Å². The molecule has 0 saturated heterocycles. The molecule has 19 heavy (non-hydrogen) atoms. The maximum Gasteiger partial charge on any atom is 0.297 e. The van der Waals surface area contributed by atoms with Gasteiger partial charge in [-0.1, -0.05) is 17.3 Å². The summed E-state index contributed by atoms with van der Waals surface area (Å²) in [5.41, 5.74) is 1.89. The van der Waals surface area contributed by atoms with Crippen LogP contribution in [0.4, 0.5) is 11.4 Å². The minimum atomic E-state index is -0.372. The third-order valence-corrected chi connectivity index (χ3v) is 2.85. The normalized spacial score (nSPS) is 13.9. The fourth-order valence-electron chi connectivity index (χ4n) is 2.01. The molecule has 0 spiro atoms. The number of carbonyl (C=O) groups is 2. The molecule has 0 saturated carbocycles. The van der Waals surface area contributed by atoms with Crippen LogP contribution in [0.15, 0.2) is 34.9 Å². The molecule has 2 aromatic rings. The molecule has 0 aliphatic carbocycles. The minimum absolute atomic E-state index is 0.0321. The van der Waals surface area contributed by atoms with Crippen LogP contribution in [0, 0.1) is 6.92 Å². The van der Waals surface area contributed by atoms with Crippen LogP contribution >= 0.6 is 0 Å². The van der Waals surface area contributed by atoms with E-state index in [1.165, 1.54) is 4.90 Å². The van der Waals surface area contributed by atoms with Gasteiger partial charge in [0, 0.05) is 6.07 Å². The van der Waals surface area contributed by atoms with E-state index in [0.717, 1.165) is 0 Å². The molecule has 1 aromatic heterocycles. The van der Waals surface area contributed by atoms with Crippen molar-refractivity contribution in [3.8, 4) is 0 Å². The first-order valence-corrected chi connectivity index (χ1v) is 5.79. The molecule has 6 nitrogen and oxygen atoms in total. The van der Waals surface area contributed by atoms with Gasteiger partial charge < -0.3 is 9.84 Å². The minimum Gasteiger partial charge on any atom is -0.351 e. The van der Waals surface area contributed by atoms with Crippen molar-refractivity contribution in [2.24, 2.45) is 0 Å². The zero-order valence-corrected chi connectivity index (χ0v) is 10.2. The predicted molar refractivity (Wildman–Crippen MR) is 68.0 cm³/mol. The average molecular weight is 257 g/mol. The fraction of sp³-hybridized carbons (Fsp3) is 0.154. The molecular formula is C13H11N3O3. The van der Waals surface area contributed by atoms with Gasteiger partial charge in [-0.3, -0.25) is 14.5 Å². The Morgan fingerprint density at radius 1 is 1.42 bits per heavy atom. The van der Waals surface area contributed by atoms with Crippen LogP contribution < -0.4 is 10.2 Å². The number of anilines is 2. The molecule has 3 rings (SSSR count). The molecule has 1 N–H and O–H groups in total. The number of aryl methyl sites for hydroxylation is 1. The Morgan fingerprint density at radius 3 is 2.95 bits per heavy atom. The van der Waals surface area contributed by atoms with E-state index in [1.54, 1.807) is 31.2 Å². The number of para-hydroxylation sites is 2. The second-order valence-corrected chi connectivity index (χ2v) is 4.29. The summed E-state index contributed by atoms with van der Waals surface area (Å²) >= 11 is 0. The zero-order chi connectivity index (χ0) is 13.4. The lowest BCUT2D eigenvalue weighted by atomic mass is 10.2. The quantitative estimate of drug-likeness (QED) is 0.841. The Bertz CT molecular complexity index is 663. The third kappa shape index (κ3) is 1.97. The van der Waals surface area contributed by atoms with Gasteiger partial charge in [0.25, 0.3) is 5.91 Å². The molecule has 0 atom stereocenters. The van der Waals surface area contributed by atoms with Gasteiger partial charge >= 0.3 is 0 Å². The number of aromatic nitrogens is 1. The Balaban J connectivity index is 2.01. The van der Waals surface area contributed by atoms with Gasteiger partial charge in [0.2, 0.25) is 11.7 Å². The summed E-state index contributed by atoms with van der Waals surface area (Å²) in [4.78, 5) is 25.3. The lowest BCUT2D eigenvalue weighted by Crippen LogP contribution is -2.42. The molecule has 0 bridgehead atoms. The van der Waals surface area contributed by atoms with Crippen molar-refractivity contribution in [3.05, 3.63) is 41.8 Å². The second kappa shape index (κ2) is 4.24. The Hall–Kier alpha value is -2.63. The van der Waals surface area contributed by atoms with Gasteiger partial charge in [-0.25, -0.2) is 0 Å². The Kier molecular flexibility index (Phi) is 2.56. The molecule has 6 heteroatoms. The highest BCUT2D eigenvalue weighted by molar-refractivity contribution is 6.14. The van der Waals surface area contributed by atoms with E-state index in [1.807, 2.05) is 6.07 Å². The molecule has 0 radical (unpaired) electrons. The van der Waals surface area contributed by atoms with Gasteiger partial charge in [0.05, 0.1) is 17.1 Å². The topological polar surface area (TPSA) is 75.4 Å². The Labute approximate surface area is 109 Å². The van der Waals surface area contributed by atoms with Gasteiger partial charge in [-0.15, -0.1) is 0 Å². The van der Waals surface area contributed by atoms with Crippen molar-refractivity contribution >= 4 is 23.2 Å². The highest BCUT2D eigenvalue weighted by atomic mass is 16.5. The van der Waals surface area contributed by atoms with Crippen molar-refractivity contribution in [1.29, 1.82) is 0 Å². The lowest BCUT2D eigenvalue weighted by molar-refractivity contribution is -0.115. The molecule has 2 amide bonds. The number of carbonyl (C=O) groups excluding carboxylic acids is 2. The molecular weight excluding hydrogens is 246 g/mol. The van der Waals surface area contributed by atoms with E-state index in [9.17, 15) is 9.59 Å². The summed E-state index contributed by atoms with van der Waals surface area (Å²) < 4.78 is 4.96. The Morgan fingerprint density at radius 2 is 2.21 bits per heavy atom. The lowest BCUT2D eigenvalue weighted by Gasteiger charge is -2.28. The summed E-state index contributed by atoms with van der Waals surface area (Å²) in [5.74, 6) is -0.479. The molecule has 96 valence electrons. The number of benzene rings is 1. The third-order valence-electron chi connectivity index (χ3n) is 2.85. The van der Waals surface area contributed by atoms with E-state index in [4.69, 9.17) is 4.52 Å². The summed E-state index contributed by atoms with van der Waals surface area (Å²) in [6, 6.07) is 8.68. The monoisotopic (exact) mass is 257 g/mol. The first-order valence-electron chi connectivity index (χ1n) is 5.79. The SMILES string of the molecule is Cc1cc(C(=O)N2CC(=O)Nc3ccccc32)on1. The van der Waals surface area contributed by atoms with Crippen LogP contribution in [-0.2, 0) is 4.79 Å². The van der Waals surface area contributed by atoms with E-state index >= 15 is 0 Å². The summed E-state index contributed by atoms with van der Waals surface area (Å²) in [7, 11) is 0. The number of hydrogen-bond acceptors (Lipinski definition) is 4. The van der Waals surface area contributed by atoms with Gasteiger partial charge in [-0.05, 0) is 19.1 Å². The molecule has 1 aliphatic rings. The van der Waals surface area contributed by atoms with Gasteiger partial charge in [-0.2, -0.15) is 0 Å². The second-order valence-electron chi connectivity index (χ2n) is 4.29. The average Bonchev–Trinajstić information content (AvgIpc) is 2.83. The summed E-state index contributed by atoms with van der Waals surface area (Å²) in [6.07, 6.45) is 0. The van der Waals surface area contributed by atoms with E-state index in [-0.39, 0.29) is 24.1 Å². The largest absolute Gasteiger partial charge is 0.351 e. The van der Waals surface area contributed by atoms with Gasteiger partial charge in [0.1, 0.15) is 6.54 Å². The van der Waals surface area contributed by atoms with E-state index < -0.39 is 0 Å². The van der Waals surface area contributed by atoms with Crippen molar-refractivity contribution in [3.63, 3.8) is 0 Å². The van der Waals surface area contributed by atoms with Crippen LogP contribution in [0.3, 0.4) is 0 Å². The summed E-state index contributed by atoms with van der Waals surface area (Å²) in [5, 5.41) is 6.41. The molecule has 1 aliphatic heterocycles. The predicted octanol–water partition coefficient (Wildman–Crippen LogP) is 1.58. The van der Waals surface area contributed by atoms with Crippen molar-refractivity contribution in [1.82, 2.24) is 5.16 Å². The number of rotatable bonds is 1. The number of nitrogens with one attached hydrogen (secondary N) is 1. The summed E-state index contributed by atoms with van der Waals surface area (Å²) in [6.45, 7) is 1.70. The van der Waals surface area contributed by atoms with Gasteiger partial charge in [0.15, 0.2) is 0 Å². The molecule has 0 fully saturated rings. The van der Waals surface area contributed by atoms with Crippen molar-refractivity contribution < 1.29 is 14.1 Å². The zero-order valence-electron chi connectivity index (χ0n) is 10.2. The first-order chi connectivity index (χ1) is 9.15. The number of fused-ring (bicyclic) bond motifs is 1. The van der Waals surface area contributed by atoms with Crippen LogP contribution in [0.25, 0.3) is 0 Å². The standard InChI is InChI=1S/C13H11N3O3/c1-8-6-11(19-15-8)13(18)16-7-12(17)14-9-4-2-3-5-10(9)16/h2-6H,7H2,1H3,(H,14,17). The number of hydrogen-bond donors (Lipinski definition) is 1. The first kappa shape index (κ1) is 11.5. The van der Waals surface area contributed by atoms with E-state index in [2.05, 4.69) is 10.5 Å². The van der Waals surface area contributed by atoms with E-state index in [0.29, 0.717) is 17.1 Å². The van der Waals surface area contributed by atoms with Crippen LogP contribution in [0.5, 0.6) is 0 Å².